The van der Waals surface area contributed by atoms with Crippen molar-refractivity contribution in [1.29, 1.82) is 0 Å². The number of nitrogens with one attached hydrogen (secondary N) is 2. The van der Waals surface area contributed by atoms with Gasteiger partial charge in [-0.1, -0.05) is 29.8 Å². The lowest BCUT2D eigenvalue weighted by Gasteiger charge is -2.12. The van der Waals surface area contributed by atoms with Gasteiger partial charge in [0.1, 0.15) is 0 Å². The molecular formula is C18H21ClN2OS. The molecule has 0 saturated heterocycles. The average Bonchev–Trinajstić information content (AvgIpc) is 2.57. The third-order valence-electron chi connectivity index (χ3n) is 3.25. The van der Waals surface area contributed by atoms with Crippen LogP contribution in [0, 0.1) is 0 Å². The fourth-order valence-electron chi connectivity index (χ4n) is 2.00. The number of carbonyl (C=O) groups is 1. The van der Waals surface area contributed by atoms with Crippen molar-refractivity contribution in [3.05, 3.63) is 59.6 Å². The summed E-state index contributed by atoms with van der Waals surface area (Å²) in [7, 11) is 0. The number of hydrogen-bond acceptors (Lipinski definition) is 3. The van der Waals surface area contributed by atoms with Crippen molar-refractivity contribution in [3.8, 4) is 0 Å². The highest BCUT2D eigenvalue weighted by Crippen LogP contribution is 2.24. The number of halogens is 1. The van der Waals surface area contributed by atoms with Gasteiger partial charge in [0.05, 0.1) is 5.25 Å². The predicted octanol–water partition coefficient (Wildman–Crippen LogP) is 4.44. The standard InChI is InChI=1S/C18H21ClN2OS/c1-14(23-17-10-8-15(19)9-11-17)18(22)21-13-5-12-20-16-6-3-2-4-7-16/h2-4,6-11,14,20H,5,12-13H2,1H3,(H,21,22). The van der Waals surface area contributed by atoms with Crippen LogP contribution in [-0.4, -0.2) is 24.2 Å². The van der Waals surface area contributed by atoms with Gasteiger partial charge in [-0.15, -0.1) is 11.8 Å². The minimum absolute atomic E-state index is 0.0599. The minimum atomic E-state index is -0.127. The second kappa shape index (κ2) is 9.48. The number of hydrogen-bond donors (Lipinski definition) is 2. The SMILES string of the molecule is CC(Sc1ccc(Cl)cc1)C(=O)NCCCNc1ccccc1. The number of amides is 1. The van der Waals surface area contributed by atoms with Gasteiger partial charge in [-0.05, 0) is 49.7 Å². The van der Waals surface area contributed by atoms with Crippen molar-refractivity contribution >= 4 is 35.0 Å². The summed E-state index contributed by atoms with van der Waals surface area (Å²) in [6, 6.07) is 17.6. The summed E-state index contributed by atoms with van der Waals surface area (Å²) in [6.45, 7) is 3.42. The summed E-state index contributed by atoms with van der Waals surface area (Å²) in [5.74, 6) is 0.0599. The molecule has 2 aromatic carbocycles. The Hall–Kier alpha value is -1.65. The molecule has 0 bridgehead atoms. The Kier molecular flexibility index (Phi) is 7.30. The Labute approximate surface area is 146 Å². The molecule has 23 heavy (non-hydrogen) atoms. The molecule has 0 saturated carbocycles. The summed E-state index contributed by atoms with van der Waals surface area (Å²) < 4.78 is 0. The molecule has 0 radical (unpaired) electrons. The summed E-state index contributed by atoms with van der Waals surface area (Å²) in [5.41, 5.74) is 1.10. The van der Waals surface area contributed by atoms with Crippen LogP contribution >= 0.6 is 23.4 Å². The summed E-state index contributed by atoms with van der Waals surface area (Å²) in [6.07, 6.45) is 0.888. The number of rotatable bonds is 8. The van der Waals surface area contributed by atoms with Gasteiger partial charge in [-0.25, -0.2) is 0 Å². The van der Waals surface area contributed by atoms with Crippen LogP contribution < -0.4 is 10.6 Å². The third-order valence-corrected chi connectivity index (χ3v) is 4.62. The van der Waals surface area contributed by atoms with E-state index in [0.717, 1.165) is 23.5 Å². The maximum absolute atomic E-state index is 12.1. The molecule has 0 aliphatic heterocycles. The molecule has 0 heterocycles. The molecule has 0 aliphatic carbocycles. The zero-order chi connectivity index (χ0) is 16.5. The summed E-state index contributed by atoms with van der Waals surface area (Å²) in [4.78, 5) is 13.1. The Morgan fingerprint density at radius 1 is 1.09 bits per heavy atom. The Morgan fingerprint density at radius 3 is 2.48 bits per heavy atom. The van der Waals surface area contributed by atoms with Crippen LogP contribution in [0.5, 0.6) is 0 Å². The molecular weight excluding hydrogens is 328 g/mol. The van der Waals surface area contributed by atoms with Crippen LogP contribution in [0.4, 0.5) is 5.69 Å². The number of benzene rings is 2. The highest BCUT2D eigenvalue weighted by Gasteiger charge is 2.13. The average molecular weight is 349 g/mol. The lowest BCUT2D eigenvalue weighted by Crippen LogP contribution is -2.32. The van der Waals surface area contributed by atoms with E-state index in [-0.39, 0.29) is 11.2 Å². The molecule has 1 unspecified atom stereocenters. The van der Waals surface area contributed by atoms with E-state index < -0.39 is 0 Å². The smallest absolute Gasteiger partial charge is 0.233 e. The van der Waals surface area contributed by atoms with E-state index in [1.807, 2.05) is 61.5 Å². The van der Waals surface area contributed by atoms with Gasteiger partial charge in [-0.2, -0.15) is 0 Å². The van der Waals surface area contributed by atoms with Crippen LogP contribution in [0.3, 0.4) is 0 Å². The van der Waals surface area contributed by atoms with Crippen LogP contribution in [0.1, 0.15) is 13.3 Å². The third kappa shape index (κ3) is 6.55. The van der Waals surface area contributed by atoms with E-state index in [2.05, 4.69) is 10.6 Å². The molecule has 122 valence electrons. The van der Waals surface area contributed by atoms with E-state index in [9.17, 15) is 4.79 Å². The minimum Gasteiger partial charge on any atom is -0.385 e. The van der Waals surface area contributed by atoms with Crippen molar-refractivity contribution in [1.82, 2.24) is 5.32 Å². The quantitative estimate of drug-likeness (QED) is 0.547. The fraction of sp³-hybridized carbons (Fsp3) is 0.278. The lowest BCUT2D eigenvalue weighted by atomic mass is 10.3. The van der Waals surface area contributed by atoms with Gasteiger partial charge in [0, 0.05) is 28.7 Å². The lowest BCUT2D eigenvalue weighted by molar-refractivity contribution is -0.120. The molecule has 3 nitrogen and oxygen atoms in total. The molecule has 1 atom stereocenters. The van der Waals surface area contributed by atoms with Gasteiger partial charge in [0.25, 0.3) is 0 Å². The van der Waals surface area contributed by atoms with Crippen LogP contribution in [-0.2, 0) is 4.79 Å². The normalized spacial score (nSPS) is 11.7. The molecule has 2 N–H and O–H groups in total. The van der Waals surface area contributed by atoms with Crippen LogP contribution in [0.2, 0.25) is 5.02 Å². The van der Waals surface area contributed by atoms with Crippen molar-refractivity contribution in [3.63, 3.8) is 0 Å². The molecule has 0 fully saturated rings. The largest absolute Gasteiger partial charge is 0.385 e. The molecule has 2 aromatic rings. The Morgan fingerprint density at radius 2 is 1.78 bits per heavy atom. The first kappa shape index (κ1) is 17.7. The highest BCUT2D eigenvalue weighted by molar-refractivity contribution is 8.00. The predicted molar refractivity (Wildman–Crippen MR) is 99.3 cm³/mol. The van der Waals surface area contributed by atoms with Crippen molar-refractivity contribution in [2.75, 3.05) is 18.4 Å². The van der Waals surface area contributed by atoms with Gasteiger partial charge in [-0.3, -0.25) is 4.79 Å². The molecule has 0 spiro atoms. The fourth-order valence-corrected chi connectivity index (χ4v) is 3.02. The molecule has 0 aromatic heterocycles. The second-order valence-electron chi connectivity index (χ2n) is 5.15. The van der Waals surface area contributed by atoms with Crippen LogP contribution in [0.25, 0.3) is 0 Å². The van der Waals surface area contributed by atoms with E-state index in [1.165, 1.54) is 11.8 Å². The maximum Gasteiger partial charge on any atom is 0.233 e. The monoisotopic (exact) mass is 348 g/mol. The first-order valence-corrected chi connectivity index (χ1v) is 8.90. The van der Waals surface area contributed by atoms with Crippen molar-refractivity contribution in [2.24, 2.45) is 0 Å². The van der Waals surface area contributed by atoms with Gasteiger partial charge < -0.3 is 10.6 Å². The van der Waals surface area contributed by atoms with Crippen LogP contribution in [0.15, 0.2) is 59.5 Å². The van der Waals surface area contributed by atoms with E-state index in [1.54, 1.807) is 0 Å². The topological polar surface area (TPSA) is 41.1 Å². The van der Waals surface area contributed by atoms with Gasteiger partial charge in [0.15, 0.2) is 0 Å². The first-order chi connectivity index (χ1) is 11.1. The molecule has 1 amide bonds. The number of anilines is 1. The molecule has 2 rings (SSSR count). The maximum atomic E-state index is 12.1. The van der Waals surface area contributed by atoms with E-state index in [0.29, 0.717) is 11.6 Å². The first-order valence-electron chi connectivity index (χ1n) is 7.64. The Balaban J connectivity index is 1.63. The zero-order valence-corrected chi connectivity index (χ0v) is 14.7. The summed E-state index contributed by atoms with van der Waals surface area (Å²) >= 11 is 7.39. The van der Waals surface area contributed by atoms with Gasteiger partial charge in [0.2, 0.25) is 5.91 Å². The van der Waals surface area contributed by atoms with Crippen molar-refractivity contribution < 1.29 is 4.79 Å². The highest BCUT2D eigenvalue weighted by atomic mass is 35.5. The molecule has 0 aliphatic rings. The molecule has 5 heteroatoms. The van der Waals surface area contributed by atoms with Crippen molar-refractivity contribution in [2.45, 2.75) is 23.5 Å². The van der Waals surface area contributed by atoms with E-state index in [4.69, 9.17) is 11.6 Å². The number of para-hydroxylation sites is 1. The number of thioether (sulfide) groups is 1. The van der Waals surface area contributed by atoms with E-state index >= 15 is 0 Å². The second-order valence-corrected chi connectivity index (χ2v) is 7.00. The zero-order valence-electron chi connectivity index (χ0n) is 13.1. The summed E-state index contributed by atoms with van der Waals surface area (Å²) in [5, 5.41) is 6.88. The Bertz CT molecular complexity index is 604. The number of carbonyl (C=O) groups excluding carboxylic acids is 1. The van der Waals surface area contributed by atoms with Gasteiger partial charge >= 0.3 is 0 Å².